The number of rotatable bonds is 6. The number of hydrogen-bond donors (Lipinski definition) is 1. The minimum absolute atomic E-state index is 0.0757. The quantitative estimate of drug-likeness (QED) is 0.401. The van der Waals surface area contributed by atoms with Crippen LogP contribution in [0.25, 0.3) is 22.3 Å². The van der Waals surface area contributed by atoms with Crippen LogP contribution in [-0.2, 0) is 7.05 Å². The number of aryl methyl sites for hydroxylation is 2. The van der Waals surface area contributed by atoms with Crippen molar-refractivity contribution in [2.45, 2.75) is 33.3 Å². The Kier molecular flexibility index (Phi) is 6.29. The maximum atomic E-state index is 13.2. The molecule has 0 amide bonds. The number of nitrogens with one attached hydrogen (secondary N) is 1. The molecule has 5 rings (SSSR count). The van der Waals surface area contributed by atoms with E-state index in [1.54, 1.807) is 29.9 Å². The van der Waals surface area contributed by atoms with Crippen molar-refractivity contribution in [1.82, 2.24) is 29.7 Å². The van der Waals surface area contributed by atoms with Gasteiger partial charge in [0.15, 0.2) is 11.6 Å². The first kappa shape index (κ1) is 24.3. The third kappa shape index (κ3) is 4.97. The first-order valence-corrected chi connectivity index (χ1v) is 11.8. The molecule has 12 heteroatoms. The molecule has 0 bridgehead atoms. The molecule has 10 nitrogen and oxygen atoms in total. The molecule has 4 aromatic rings. The topological polar surface area (TPSA) is 118 Å². The molecule has 0 saturated carbocycles. The summed E-state index contributed by atoms with van der Waals surface area (Å²) in [6.07, 6.45) is 4.65. The first-order chi connectivity index (χ1) is 17.7. The highest BCUT2D eigenvalue weighted by molar-refractivity contribution is 5.89. The maximum absolute atomic E-state index is 13.2. The zero-order valence-corrected chi connectivity index (χ0v) is 20.6. The number of pyridine rings is 1. The Morgan fingerprint density at radius 3 is 2.65 bits per heavy atom. The molecule has 1 fully saturated rings. The molecule has 1 aliphatic heterocycles. The number of nitriles is 1. The highest BCUT2D eigenvalue weighted by Crippen LogP contribution is 2.36. The van der Waals surface area contributed by atoms with Crippen LogP contribution in [0.5, 0.6) is 5.75 Å². The fourth-order valence-corrected chi connectivity index (χ4v) is 4.38. The molecule has 0 spiro atoms. The second-order valence-electron chi connectivity index (χ2n) is 9.36. The van der Waals surface area contributed by atoms with Gasteiger partial charge in [-0.3, -0.25) is 0 Å². The Balaban J connectivity index is 1.49. The van der Waals surface area contributed by atoms with Crippen LogP contribution in [0.1, 0.15) is 25.5 Å². The molecule has 0 aliphatic carbocycles. The van der Waals surface area contributed by atoms with Crippen LogP contribution in [-0.4, -0.2) is 49.4 Å². The molecule has 1 aromatic carbocycles. The molecule has 0 radical (unpaired) electrons. The van der Waals surface area contributed by atoms with E-state index in [0.717, 1.165) is 23.9 Å². The molecule has 0 unspecified atom stereocenters. The van der Waals surface area contributed by atoms with Gasteiger partial charge in [0.2, 0.25) is 5.95 Å². The number of ether oxygens (including phenoxy) is 1. The van der Waals surface area contributed by atoms with Crippen LogP contribution >= 0.6 is 0 Å². The minimum Gasteiger partial charge on any atom is -0.433 e. The van der Waals surface area contributed by atoms with Crippen LogP contribution in [0.3, 0.4) is 0 Å². The third-order valence-corrected chi connectivity index (χ3v) is 6.53. The summed E-state index contributed by atoms with van der Waals surface area (Å²) >= 11 is 0. The summed E-state index contributed by atoms with van der Waals surface area (Å²) in [6, 6.07) is 9.11. The van der Waals surface area contributed by atoms with Gasteiger partial charge in [0.05, 0.1) is 17.2 Å². The minimum atomic E-state index is -3.02. The Hall–Kier alpha value is -4.40. The van der Waals surface area contributed by atoms with Gasteiger partial charge in [0, 0.05) is 43.0 Å². The number of benzene rings is 1. The Bertz CT molecular complexity index is 1490. The molecule has 1 saturated heterocycles. The van der Waals surface area contributed by atoms with Crippen molar-refractivity contribution in [2.24, 2.45) is 12.5 Å². The van der Waals surface area contributed by atoms with Gasteiger partial charge in [0.1, 0.15) is 17.6 Å². The molecule has 4 heterocycles. The molecule has 3 aromatic heterocycles. The zero-order chi connectivity index (χ0) is 26.2. The second kappa shape index (κ2) is 9.57. The summed E-state index contributed by atoms with van der Waals surface area (Å²) in [5, 5.41) is 21.2. The smallest absolute Gasteiger partial charge is 0.387 e. The summed E-state index contributed by atoms with van der Waals surface area (Å²) in [7, 11) is 1.76. The summed E-state index contributed by atoms with van der Waals surface area (Å²) in [5.41, 5.74) is 1.95. The van der Waals surface area contributed by atoms with Gasteiger partial charge in [-0.1, -0.05) is 0 Å². The number of hydrogen-bond acceptors (Lipinski definition) is 9. The van der Waals surface area contributed by atoms with E-state index in [-0.39, 0.29) is 22.8 Å². The number of alkyl halides is 2. The standard InChI is InChI=1S/C25H25F2N9O/c1-15-10-17-12-29-24(33-20(17)22(31-15)36-8-6-25(2,13-28)7-9-36)32-18-5-4-16(11-19(18)37-23(26)27)21-34-30-14-35(21)3/h4-5,10-12,14,23H,6-9H2,1-3H3,(H,29,32,33). The zero-order valence-electron chi connectivity index (χ0n) is 20.6. The predicted molar refractivity (Wildman–Crippen MR) is 134 cm³/mol. The monoisotopic (exact) mass is 505 g/mol. The lowest BCUT2D eigenvalue weighted by Crippen LogP contribution is -2.38. The lowest BCUT2D eigenvalue weighted by atomic mass is 9.82. The van der Waals surface area contributed by atoms with E-state index < -0.39 is 6.61 Å². The van der Waals surface area contributed by atoms with Crippen molar-refractivity contribution < 1.29 is 13.5 Å². The van der Waals surface area contributed by atoms with Crippen molar-refractivity contribution in [3.63, 3.8) is 0 Å². The van der Waals surface area contributed by atoms with E-state index >= 15 is 0 Å². The van der Waals surface area contributed by atoms with Gasteiger partial charge >= 0.3 is 6.61 Å². The van der Waals surface area contributed by atoms with Crippen molar-refractivity contribution in [3.8, 4) is 23.2 Å². The number of halogens is 2. The maximum Gasteiger partial charge on any atom is 0.387 e. The number of anilines is 3. The van der Waals surface area contributed by atoms with E-state index in [4.69, 9.17) is 9.72 Å². The third-order valence-electron chi connectivity index (χ3n) is 6.53. The van der Waals surface area contributed by atoms with E-state index in [9.17, 15) is 14.0 Å². The van der Waals surface area contributed by atoms with Crippen LogP contribution in [0.4, 0.5) is 26.2 Å². The molecular formula is C25H25F2N9O. The van der Waals surface area contributed by atoms with E-state index in [0.29, 0.717) is 35.8 Å². The van der Waals surface area contributed by atoms with E-state index in [1.807, 2.05) is 19.9 Å². The van der Waals surface area contributed by atoms with Crippen molar-refractivity contribution in [2.75, 3.05) is 23.3 Å². The Morgan fingerprint density at radius 2 is 1.97 bits per heavy atom. The van der Waals surface area contributed by atoms with E-state index in [2.05, 4.69) is 36.5 Å². The van der Waals surface area contributed by atoms with Crippen molar-refractivity contribution in [1.29, 1.82) is 5.26 Å². The van der Waals surface area contributed by atoms with Crippen LogP contribution in [0.15, 0.2) is 36.8 Å². The molecule has 1 N–H and O–H groups in total. The predicted octanol–water partition coefficient (Wildman–Crippen LogP) is 4.60. The van der Waals surface area contributed by atoms with Gasteiger partial charge in [-0.25, -0.2) is 15.0 Å². The summed E-state index contributed by atoms with van der Waals surface area (Å²) < 4.78 is 32.9. The number of piperidine rings is 1. The highest BCUT2D eigenvalue weighted by Gasteiger charge is 2.31. The summed E-state index contributed by atoms with van der Waals surface area (Å²) in [6.45, 7) is 2.22. The average Bonchev–Trinajstić information content (AvgIpc) is 3.31. The Morgan fingerprint density at radius 1 is 1.19 bits per heavy atom. The average molecular weight is 506 g/mol. The highest BCUT2D eigenvalue weighted by atomic mass is 19.3. The lowest BCUT2D eigenvalue weighted by Gasteiger charge is -2.36. The van der Waals surface area contributed by atoms with E-state index in [1.165, 1.54) is 12.4 Å². The van der Waals surface area contributed by atoms with Gasteiger partial charge in [0.25, 0.3) is 0 Å². The SMILES string of the molecule is Cc1cc2cnc(Nc3ccc(-c4nncn4C)cc3OC(F)F)nc2c(N2CCC(C)(C#N)CC2)n1. The van der Waals surface area contributed by atoms with Gasteiger partial charge in [-0.05, 0) is 51.0 Å². The van der Waals surface area contributed by atoms with Crippen LogP contribution < -0.4 is 15.0 Å². The lowest BCUT2D eigenvalue weighted by molar-refractivity contribution is -0.0493. The van der Waals surface area contributed by atoms with Crippen molar-refractivity contribution >= 4 is 28.4 Å². The molecule has 37 heavy (non-hydrogen) atoms. The molecule has 190 valence electrons. The van der Waals surface area contributed by atoms with Crippen LogP contribution in [0.2, 0.25) is 0 Å². The fraction of sp³-hybridized carbons (Fsp3) is 0.360. The van der Waals surface area contributed by atoms with Gasteiger partial charge in [-0.2, -0.15) is 14.0 Å². The number of nitrogens with zero attached hydrogens (tertiary/aromatic N) is 8. The van der Waals surface area contributed by atoms with Crippen LogP contribution in [0, 0.1) is 23.7 Å². The molecule has 0 atom stereocenters. The summed E-state index contributed by atoms with van der Waals surface area (Å²) in [5.74, 6) is 1.35. The molecular weight excluding hydrogens is 480 g/mol. The largest absolute Gasteiger partial charge is 0.433 e. The normalized spacial score (nSPS) is 15.1. The van der Waals surface area contributed by atoms with Crippen molar-refractivity contribution in [3.05, 3.63) is 42.5 Å². The summed E-state index contributed by atoms with van der Waals surface area (Å²) in [4.78, 5) is 15.9. The molecule has 1 aliphatic rings. The first-order valence-electron chi connectivity index (χ1n) is 11.8. The number of fused-ring (bicyclic) bond motifs is 1. The van der Waals surface area contributed by atoms with Gasteiger partial charge in [-0.15, -0.1) is 10.2 Å². The second-order valence-corrected chi connectivity index (χ2v) is 9.36. The number of aromatic nitrogens is 6. The fourth-order valence-electron chi connectivity index (χ4n) is 4.38. The van der Waals surface area contributed by atoms with Gasteiger partial charge < -0.3 is 19.5 Å². The Labute approximate surface area is 212 Å².